The molecule has 0 bridgehead atoms. The molecular formula is C20H23N3O2. The third kappa shape index (κ3) is 2.64. The number of aromatic amines is 1. The van der Waals surface area contributed by atoms with E-state index in [1.807, 2.05) is 19.9 Å². The van der Waals surface area contributed by atoms with Crippen molar-refractivity contribution in [2.24, 2.45) is 0 Å². The average Bonchev–Trinajstić information content (AvgIpc) is 2.94. The van der Waals surface area contributed by atoms with Crippen LogP contribution >= 0.6 is 0 Å². The summed E-state index contributed by atoms with van der Waals surface area (Å²) >= 11 is 0. The molecule has 0 atom stereocenters. The molecule has 1 aromatic carbocycles. The van der Waals surface area contributed by atoms with Gasteiger partial charge in [0.1, 0.15) is 5.75 Å². The summed E-state index contributed by atoms with van der Waals surface area (Å²) in [6.07, 6.45) is 7.68. The second-order valence-corrected chi connectivity index (χ2v) is 7.14. The predicted molar refractivity (Wildman–Crippen MR) is 98.2 cm³/mol. The number of H-pyrrole nitrogens is 1. The van der Waals surface area contributed by atoms with Crippen molar-refractivity contribution in [1.29, 1.82) is 0 Å². The van der Waals surface area contributed by atoms with Gasteiger partial charge in [-0.05, 0) is 44.2 Å². The first kappa shape index (κ1) is 15.9. The Labute approximate surface area is 146 Å². The van der Waals surface area contributed by atoms with Gasteiger partial charge < -0.3 is 5.11 Å². The van der Waals surface area contributed by atoms with Gasteiger partial charge in [0.05, 0.1) is 5.56 Å². The number of benzene rings is 1. The van der Waals surface area contributed by atoms with Gasteiger partial charge in [0, 0.05) is 23.0 Å². The summed E-state index contributed by atoms with van der Waals surface area (Å²) in [6, 6.07) is 5.32. The Morgan fingerprint density at radius 3 is 2.64 bits per heavy atom. The normalized spacial score (nSPS) is 15.8. The zero-order valence-corrected chi connectivity index (χ0v) is 14.7. The fourth-order valence-corrected chi connectivity index (χ4v) is 4.08. The van der Waals surface area contributed by atoms with Crippen LogP contribution in [0, 0.1) is 13.8 Å². The number of hydrogen-bond acceptors (Lipinski definition) is 3. The summed E-state index contributed by atoms with van der Waals surface area (Å²) in [4.78, 5) is 17.6. The summed E-state index contributed by atoms with van der Waals surface area (Å²) in [5, 5.41) is 13.4. The highest BCUT2D eigenvalue weighted by atomic mass is 16.3. The monoisotopic (exact) mass is 337 g/mol. The van der Waals surface area contributed by atoms with Gasteiger partial charge in [0.2, 0.25) is 0 Å². The molecule has 0 saturated heterocycles. The molecule has 5 heteroatoms. The Bertz CT molecular complexity index is 994. The fraction of sp³-hybridized carbons (Fsp3) is 0.400. The minimum atomic E-state index is -0.172. The summed E-state index contributed by atoms with van der Waals surface area (Å²) in [5.41, 5.74) is 4.62. The van der Waals surface area contributed by atoms with Crippen molar-refractivity contribution in [2.45, 2.75) is 51.9 Å². The van der Waals surface area contributed by atoms with Crippen molar-refractivity contribution >= 4 is 5.65 Å². The molecule has 2 aromatic heterocycles. The molecule has 0 unspecified atom stereocenters. The number of nitrogens with zero attached hydrogens (tertiary/aromatic N) is 2. The van der Waals surface area contributed by atoms with Crippen LogP contribution in [0.1, 0.15) is 54.8 Å². The van der Waals surface area contributed by atoms with Crippen LogP contribution in [0.5, 0.6) is 5.75 Å². The number of fused-ring (bicyclic) bond motifs is 1. The van der Waals surface area contributed by atoms with Gasteiger partial charge >= 0.3 is 0 Å². The molecule has 3 aromatic rings. The average molecular weight is 337 g/mol. The highest BCUT2D eigenvalue weighted by molar-refractivity contribution is 5.70. The second kappa shape index (κ2) is 6.06. The Morgan fingerprint density at radius 2 is 1.92 bits per heavy atom. The van der Waals surface area contributed by atoms with Gasteiger partial charge in [-0.2, -0.15) is 0 Å². The van der Waals surface area contributed by atoms with Gasteiger partial charge in [-0.1, -0.05) is 31.4 Å². The van der Waals surface area contributed by atoms with E-state index in [1.54, 1.807) is 18.3 Å². The minimum absolute atomic E-state index is 0.106. The third-order valence-corrected chi connectivity index (χ3v) is 5.34. The van der Waals surface area contributed by atoms with E-state index in [9.17, 15) is 9.90 Å². The highest BCUT2D eigenvalue weighted by Gasteiger charge is 2.24. The Kier molecular flexibility index (Phi) is 3.86. The van der Waals surface area contributed by atoms with Crippen molar-refractivity contribution in [3.63, 3.8) is 0 Å². The summed E-state index contributed by atoms with van der Waals surface area (Å²) < 4.78 is 1.54. The molecule has 2 heterocycles. The van der Waals surface area contributed by atoms with Crippen molar-refractivity contribution in [3.05, 3.63) is 51.6 Å². The quantitative estimate of drug-likeness (QED) is 0.741. The number of aromatic hydroxyl groups is 1. The van der Waals surface area contributed by atoms with Crippen LogP contribution < -0.4 is 5.56 Å². The number of aromatic nitrogens is 3. The van der Waals surface area contributed by atoms with Crippen LogP contribution in [0.2, 0.25) is 0 Å². The topological polar surface area (TPSA) is 70.4 Å². The van der Waals surface area contributed by atoms with E-state index in [4.69, 9.17) is 0 Å². The fourth-order valence-electron chi connectivity index (χ4n) is 4.08. The van der Waals surface area contributed by atoms with Crippen LogP contribution in [-0.4, -0.2) is 19.7 Å². The molecular weight excluding hydrogens is 314 g/mol. The van der Waals surface area contributed by atoms with Crippen LogP contribution in [-0.2, 0) is 0 Å². The number of hydrogen-bond donors (Lipinski definition) is 2. The molecule has 1 fully saturated rings. The van der Waals surface area contributed by atoms with Gasteiger partial charge in [0.15, 0.2) is 5.65 Å². The maximum Gasteiger partial charge on any atom is 0.280 e. The smallest absolute Gasteiger partial charge is 0.280 e. The minimum Gasteiger partial charge on any atom is -0.507 e. The molecule has 0 aliphatic heterocycles. The molecule has 2 N–H and O–H groups in total. The van der Waals surface area contributed by atoms with E-state index >= 15 is 0 Å². The molecule has 0 spiro atoms. The Balaban J connectivity index is 1.88. The molecule has 0 radical (unpaired) electrons. The van der Waals surface area contributed by atoms with Gasteiger partial charge in [-0.15, -0.1) is 0 Å². The van der Waals surface area contributed by atoms with Crippen LogP contribution in [0.25, 0.3) is 16.8 Å². The largest absolute Gasteiger partial charge is 0.507 e. The van der Waals surface area contributed by atoms with E-state index in [0.717, 1.165) is 29.7 Å². The van der Waals surface area contributed by atoms with Crippen LogP contribution in [0.4, 0.5) is 0 Å². The number of rotatable bonds is 2. The molecule has 1 aliphatic rings. The predicted octanol–water partition coefficient (Wildman–Crippen LogP) is 4.06. The van der Waals surface area contributed by atoms with E-state index in [-0.39, 0.29) is 11.3 Å². The summed E-state index contributed by atoms with van der Waals surface area (Å²) in [6.45, 7) is 3.92. The molecule has 1 aliphatic carbocycles. The van der Waals surface area contributed by atoms with E-state index in [2.05, 4.69) is 10.1 Å². The molecule has 130 valence electrons. The van der Waals surface area contributed by atoms with Crippen LogP contribution in [0.3, 0.4) is 0 Å². The lowest BCUT2D eigenvalue weighted by molar-refractivity contribution is 0.444. The van der Waals surface area contributed by atoms with Gasteiger partial charge in [-0.25, -0.2) is 9.50 Å². The lowest BCUT2D eigenvalue weighted by atomic mass is 9.84. The number of aryl methyl sites for hydroxylation is 2. The first-order chi connectivity index (χ1) is 12.1. The molecule has 4 rings (SSSR count). The maximum atomic E-state index is 13.0. The van der Waals surface area contributed by atoms with E-state index < -0.39 is 0 Å². The van der Waals surface area contributed by atoms with E-state index in [1.165, 1.54) is 29.3 Å². The molecule has 25 heavy (non-hydrogen) atoms. The second-order valence-electron chi connectivity index (χ2n) is 7.14. The standard InChI is InChI=1S/C20H23N3O2/c1-12-8-9-15(17(24)10-12)16-11-21-19-18(14-6-4-3-5-7-14)13(2)22-23(19)20(16)25/h8-11,14,22,24H,3-7H2,1-2H3. The van der Waals surface area contributed by atoms with E-state index in [0.29, 0.717) is 17.0 Å². The van der Waals surface area contributed by atoms with Crippen molar-refractivity contribution in [3.8, 4) is 16.9 Å². The number of phenols is 1. The molecule has 0 amide bonds. The SMILES string of the molecule is Cc1ccc(-c2cnc3c(C4CCCCC4)c(C)[nH]n3c2=O)c(O)c1. The highest BCUT2D eigenvalue weighted by Crippen LogP contribution is 2.36. The van der Waals surface area contributed by atoms with Crippen LogP contribution in [0.15, 0.2) is 29.2 Å². The van der Waals surface area contributed by atoms with Gasteiger partial charge in [-0.3, -0.25) is 9.89 Å². The third-order valence-electron chi connectivity index (χ3n) is 5.34. The maximum absolute atomic E-state index is 13.0. The first-order valence-corrected chi connectivity index (χ1v) is 8.96. The number of phenolic OH excluding ortho intramolecular Hbond substituents is 1. The zero-order chi connectivity index (χ0) is 17.6. The van der Waals surface area contributed by atoms with Crippen molar-refractivity contribution in [1.82, 2.24) is 14.6 Å². The first-order valence-electron chi connectivity index (χ1n) is 8.96. The molecule has 1 saturated carbocycles. The number of nitrogens with one attached hydrogen (secondary N) is 1. The lowest BCUT2D eigenvalue weighted by Crippen LogP contribution is -2.17. The lowest BCUT2D eigenvalue weighted by Gasteiger charge is -2.21. The molecule has 5 nitrogen and oxygen atoms in total. The van der Waals surface area contributed by atoms with Crippen molar-refractivity contribution in [2.75, 3.05) is 0 Å². The zero-order valence-electron chi connectivity index (χ0n) is 14.7. The summed E-state index contributed by atoms with van der Waals surface area (Å²) in [5.74, 6) is 0.579. The summed E-state index contributed by atoms with van der Waals surface area (Å²) in [7, 11) is 0. The van der Waals surface area contributed by atoms with Gasteiger partial charge in [0.25, 0.3) is 5.56 Å². The Hall–Kier alpha value is -2.56. The van der Waals surface area contributed by atoms with Crippen molar-refractivity contribution < 1.29 is 5.11 Å². The Morgan fingerprint density at radius 1 is 1.16 bits per heavy atom.